The number of hydrogen-bond acceptors (Lipinski definition) is 4. The molecule has 160 valence electrons. The number of rotatable bonds is 10. The van der Waals surface area contributed by atoms with Gasteiger partial charge in [0.05, 0.1) is 0 Å². The molecule has 0 aliphatic heterocycles. The van der Waals surface area contributed by atoms with Gasteiger partial charge < -0.3 is 9.05 Å². The van der Waals surface area contributed by atoms with Crippen LogP contribution >= 0.6 is 0 Å². The van der Waals surface area contributed by atoms with Gasteiger partial charge in [-0.2, -0.15) is 0 Å². The topological polar surface area (TPSA) is 110 Å². The lowest BCUT2D eigenvalue weighted by atomic mass is 10.1. The monoisotopic (exact) mass is 418 g/mol. The lowest BCUT2D eigenvalue weighted by Gasteiger charge is -2.04. The molecule has 0 amide bonds. The fraction of sp³-hybridized carbons (Fsp3) is 0.304. The molecule has 8 heteroatoms. The van der Waals surface area contributed by atoms with E-state index in [1.807, 2.05) is 36.4 Å². The molecule has 0 atom stereocenters. The highest BCUT2D eigenvalue weighted by Crippen LogP contribution is 2.04. The van der Waals surface area contributed by atoms with Gasteiger partial charge in [-0.25, -0.2) is 9.36 Å². The Labute approximate surface area is 179 Å². The van der Waals surface area contributed by atoms with Crippen LogP contribution in [0, 0.1) is 10.8 Å². The van der Waals surface area contributed by atoms with E-state index in [-0.39, 0.29) is 11.1 Å². The van der Waals surface area contributed by atoms with E-state index >= 15 is 0 Å². The predicted molar refractivity (Wildman–Crippen MR) is 108 cm³/mol. The first-order valence-electron chi connectivity index (χ1n) is 10.5. The minimum Gasteiger partial charge on any atom is -0.487 e. The molecule has 0 radical (unpaired) electrons. The Morgan fingerprint density at radius 1 is 0.645 bits per heavy atom. The highest BCUT2D eigenvalue weighted by molar-refractivity contribution is 5.15. The molecule has 0 aliphatic carbocycles. The molecular weight excluding hydrogens is 392 g/mol. The molecule has 0 fully saturated rings. The van der Waals surface area contributed by atoms with Crippen molar-refractivity contribution in [1.82, 2.24) is 10.5 Å². The van der Waals surface area contributed by atoms with E-state index in [9.17, 15) is 0 Å². The van der Waals surface area contributed by atoms with Crippen LogP contribution in [0.15, 0.2) is 69.7 Å². The highest BCUT2D eigenvalue weighted by atomic mass is 16.5. The van der Waals surface area contributed by atoms with E-state index in [1.54, 1.807) is 9.36 Å². The smallest absolute Gasteiger partial charge is 0.268 e. The number of aromatic nitrogens is 4. The molecule has 2 aromatic heterocycles. The predicted octanol–water partition coefficient (Wildman–Crippen LogP) is 1.18. The van der Waals surface area contributed by atoms with Gasteiger partial charge in [0.15, 0.2) is 0 Å². The number of nitrogens with zero attached hydrogens (tertiary/aromatic N) is 4. The second kappa shape index (κ2) is 9.88. The summed E-state index contributed by atoms with van der Waals surface area (Å²) >= 11 is 0. The fourth-order valence-electron chi connectivity index (χ4n) is 3.63. The van der Waals surface area contributed by atoms with Gasteiger partial charge in [0.2, 0.25) is 11.4 Å². The maximum atomic E-state index is 8.11. The van der Waals surface area contributed by atoms with Crippen LogP contribution in [-0.4, -0.2) is 0 Å². The summed E-state index contributed by atoms with van der Waals surface area (Å²) in [4.78, 5) is 0. The third-order valence-corrected chi connectivity index (χ3v) is 5.30. The van der Waals surface area contributed by atoms with Crippen LogP contribution in [0.3, 0.4) is 0 Å². The largest absolute Gasteiger partial charge is 0.487 e. The minimum absolute atomic E-state index is 0.0103. The number of benzene rings is 2. The number of nitrogens with one attached hydrogen (secondary N) is 2. The second-order valence-electron chi connectivity index (χ2n) is 7.50. The molecular formula is C23H26N6O2. The highest BCUT2D eigenvalue weighted by Gasteiger charge is 2.21. The summed E-state index contributed by atoms with van der Waals surface area (Å²) in [6.07, 6.45) is 3.92. The number of aryl methyl sites for hydroxylation is 4. The lowest BCUT2D eigenvalue weighted by molar-refractivity contribution is -0.783. The zero-order valence-corrected chi connectivity index (χ0v) is 17.3. The van der Waals surface area contributed by atoms with E-state index in [0.717, 1.165) is 25.7 Å². The summed E-state index contributed by atoms with van der Waals surface area (Å²) in [5.74, 6) is 0. The molecule has 2 N–H and O–H groups in total. The average Bonchev–Trinajstić information content (AvgIpc) is 3.33. The van der Waals surface area contributed by atoms with Crippen molar-refractivity contribution in [3.05, 3.63) is 94.3 Å². The fourth-order valence-corrected chi connectivity index (χ4v) is 3.63. The SMILES string of the molecule is N=c1o[n-][n+](CCCc2ccccc2)c1Cc1c(=N)o[n-][n+]1CCCc1ccccc1. The molecule has 2 heterocycles. The van der Waals surface area contributed by atoms with Crippen molar-refractivity contribution in [3.8, 4) is 0 Å². The molecule has 0 spiro atoms. The minimum atomic E-state index is 0.0103. The summed E-state index contributed by atoms with van der Waals surface area (Å²) < 4.78 is 13.7. The molecule has 0 unspecified atom stereocenters. The van der Waals surface area contributed by atoms with Crippen molar-refractivity contribution in [1.29, 1.82) is 10.8 Å². The lowest BCUT2D eigenvalue weighted by Crippen LogP contribution is -2.47. The average molecular weight is 419 g/mol. The Hall–Kier alpha value is -3.68. The van der Waals surface area contributed by atoms with Gasteiger partial charge >= 0.3 is 0 Å². The molecule has 4 aromatic rings. The van der Waals surface area contributed by atoms with E-state index in [2.05, 4.69) is 34.8 Å². The Morgan fingerprint density at radius 3 is 1.48 bits per heavy atom. The maximum absolute atomic E-state index is 8.11. The Kier molecular flexibility index (Phi) is 6.56. The van der Waals surface area contributed by atoms with Crippen LogP contribution < -0.4 is 31.0 Å². The van der Waals surface area contributed by atoms with Crippen molar-refractivity contribution in [2.45, 2.75) is 45.2 Å². The van der Waals surface area contributed by atoms with Gasteiger partial charge in [-0.3, -0.25) is 21.4 Å². The van der Waals surface area contributed by atoms with E-state index in [4.69, 9.17) is 19.9 Å². The van der Waals surface area contributed by atoms with Gasteiger partial charge in [-0.05, 0) is 24.0 Å². The molecule has 0 aliphatic rings. The quantitative estimate of drug-likeness (QED) is 0.377. The second-order valence-corrected chi connectivity index (χ2v) is 7.50. The maximum Gasteiger partial charge on any atom is 0.268 e. The first-order chi connectivity index (χ1) is 15.2. The molecule has 31 heavy (non-hydrogen) atoms. The van der Waals surface area contributed by atoms with Crippen LogP contribution in [0.25, 0.3) is 0 Å². The van der Waals surface area contributed by atoms with Gasteiger partial charge in [-0.15, -0.1) is 0 Å². The van der Waals surface area contributed by atoms with Crippen molar-refractivity contribution in [2.24, 2.45) is 0 Å². The summed E-state index contributed by atoms with van der Waals surface area (Å²) in [5.41, 5.74) is 3.81. The Balaban J connectivity index is 1.41. The summed E-state index contributed by atoms with van der Waals surface area (Å²) in [6.45, 7) is 1.28. The standard InChI is InChI=1S/C23H26N6O2/c24-22-20(28(26-30-22)15-7-13-18-9-3-1-4-10-18)17-21-23(25)31-27-29(21)16-8-14-19-11-5-2-6-12-19/h1-6,9-12,24-25H,7-8,13-17H2. The Morgan fingerprint density at radius 2 is 1.06 bits per heavy atom. The van der Waals surface area contributed by atoms with Crippen LogP contribution in [-0.2, 0) is 32.4 Å². The molecule has 8 nitrogen and oxygen atoms in total. The first kappa shape index (κ1) is 20.6. The van der Waals surface area contributed by atoms with Crippen molar-refractivity contribution >= 4 is 0 Å². The normalized spacial score (nSPS) is 11.1. The summed E-state index contributed by atoms with van der Waals surface area (Å²) in [7, 11) is 0. The molecule has 0 saturated heterocycles. The van der Waals surface area contributed by atoms with Gasteiger partial charge in [-0.1, -0.05) is 60.7 Å². The van der Waals surface area contributed by atoms with Gasteiger partial charge in [0.1, 0.15) is 19.5 Å². The third-order valence-electron chi connectivity index (χ3n) is 5.30. The van der Waals surface area contributed by atoms with Crippen molar-refractivity contribution in [3.63, 3.8) is 0 Å². The van der Waals surface area contributed by atoms with Crippen molar-refractivity contribution < 1.29 is 18.4 Å². The van der Waals surface area contributed by atoms with Gasteiger partial charge in [0, 0.05) is 12.8 Å². The van der Waals surface area contributed by atoms with E-state index in [0.29, 0.717) is 30.9 Å². The van der Waals surface area contributed by atoms with Crippen LogP contribution in [0.5, 0.6) is 0 Å². The van der Waals surface area contributed by atoms with Crippen molar-refractivity contribution in [2.75, 3.05) is 0 Å². The summed E-state index contributed by atoms with van der Waals surface area (Å²) in [5, 5.41) is 24.3. The van der Waals surface area contributed by atoms with E-state index in [1.165, 1.54) is 11.1 Å². The van der Waals surface area contributed by atoms with E-state index < -0.39 is 0 Å². The zero-order valence-electron chi connectivity index (χ0n) is 17.3. The Bertz CT molecular complexity index is 1110. The summed E-state index contributed by atoms with van der Waals surface area (Å²) in [6, 6.07) is 20.6. The van der Waals surface area contributed by atoms with Crippen LogP contribution in [0.4, 0.5) is 0 Å². The first-order valence-corrected chi connectivity index (χ1v) is 10.5. The molecule has 0 saturated carbocycles. The number of hydrogen-bond donors (Lipinski definition) is 2. The third kappa shape index (κ3) is 5.28. The van der Waals surface area contributed by atoms with Crippen LogP contribution in [0.2, 0.25) is 0 Å². The molecule has 4 rings (SSSR count). The van der Waals surface area contributed by atoms with Gasteiger partial charge in [0.25, 0.3) is 11.1 Å². The zero-order chi connectivity index (χ0) is 21.5. The molecule has 0 bridgehead atoms. The van der Waals surface area contributed by atoms with Crippen LogP contribution in [0.1, 0.15) is 35.4 Å². The molecule has 2 aromatic carbocycles.